The number of amides is 1. The lowest BCUT2D eigenvalue weighted by atomic mass is 10.1. The number of methoxy groups -OCH3 is 1. The third kappa shape index (κ3) is 5.30. The first-order valence-electron chi connectivity index (χ1n) is 12.2. The second-order valence-corrected chi connectivity index (χ2v) is 10.6. The summed E-state index contributed by atoms with van der Waals surface area (Å²) in [7, 11) is 3.61. The molecule has 1 amide bonds. The molecule has 7 nitrogen and oxygen atoms in total. The quantitative estimate of drug-likeness (QED) is 0.263. The summed E-state index contributed by atoms with van der Waals surface area (Å²) in [5, 5.41) is 1.48. The van der Waals surface area contributed by atoms with Crippen LogP contribution in [0.5, 0.6) is 5.75 Å². The zero-order valence-electron chi connectivity index (χ0n) is 21.3. The molecule has 2 aliphatic heterocycles. The molecular formula is C29H27N3O4S2. The lowest BCUT2D eigenvalue weighted by molar-refractivity contribution is -0.122. The highest BCUT2D eigenvalue weighted by Gasteiger charge is 2.39. The van der Waals surface area contributed by atoms with Crippen molar-refractivity contribution in [3.8, 4) is 5.75 Å². The predicted molar refractivity (Wildman–Crippen MR) is 153 cm³/mol. The minimum Gasteiger partial charge on any atom is -0.497 e. The number of esters is 1. The summed E-state index contributed by atoms with van der Waals surface area (Å²) in [6.07, 6.45) is 0.705. The molecule has 0 aromatic heterocycles. The Balaban J connectivity index is 1.47. The number of thioether (sulfide) groups is 2. The number of hydrogen-bond donors (Lipinski definition) is 0. The number of ether oxygens (including phenoxy) is 2. The number of benzene rings is 3. The number of hydrogen-bond acceptors (Lipinski definition) is 8. The maximum atomic E-state index is 13.8. The zero-order chi connectivity index (χ0) is 26.6. The van der Waals surface area contributed by atoms with Crippen LogP contribution in [0, 0.1) is 0 Å². The first-order valence-corrected chi connectivity index (χ1v) is 13.8. The summed E-state index contributed by atoms with van der Waals surface area (Å²) in [5.41, 5.74) is 3.27. The highest BCUT2D eigenvalue weighted by atomic mass is 32.2. The molecule has 38 heavy (non-hydrogen) atoms. The average molecular weight is 546 g/mol. The standard InChI is InChI=1S/C29H27N3O4S2/c1-4-36-28(34)20-10-12-21(13-11-20)30-29-32(17-16-19-8-6-5-7-9-19)26(33)25(38-29)27-31(2)23-18-22(35-3)14-15-24(23)37-27/h5-15,18H,4,16-17H2,1-3H3. The number of amidine groups is 1. The Morgan fingerprint density at radius 3 is 2.47 bits per heavy atom. The van der Waals surface area contributed by atoms with Gasteiger partial charge >= 0.3 is 5.97 Å². The van der Waals surface area contributed by atoms with Crippen LogP contribution in [0.2, 0.25) is 0 Å². The Bertz CT molecular complexity index is 1420. The van der Waals surface area contributed by atoms with Crippen LogP contribution in [0.1, 0.15) is 22.8 Å². The first-order chi connectivity index (χ1) is 18.5. The van der Waals surface area contributed by atoms with E-state index in [4.69, 9.17) is 14.5 Å². The van der Waals surface area contributed by atoms with Crippen LogP contribution in [-0.2, 0) is 16.0 Å². The largest absolute Gasteiger partial charge is 0.497 e. The van der Waals surface area contributed by atoms with Gasteiger partial charge in [0, 0.05) is 24.6 Å². The number of aliphatic imine (C=N–C) groups is 1. The minimum atomic E-state index is -0.369. The van der Waals surface area contributed by atoms with E-state index < -0.39 is 0 Å². The molecule has 194 valence electrons. The van der Waals surface area contributed by atoms with Gasteiger partial charge in [-0.15, -0.1) is 0 Å². The molecule has 0 spiro atoms. The molecule has 0 radical (unpaired) electrons. The smallest absolute Gasteiger partial charge is 0.338 e. The Labute approximate surface area is 230 Å². The molecule has 0 bridgehead atoms. The molecule has 0 unspecified atom stereocenters. The number of carbonyl (C=O) groups excluding carboxylic acids is 2. The van der Waals surface area contributed by atoms with E-state index in [1.165, 1.54) is 11.8 Å². The van der Waals surface area contributed by atoms with Gasteiger partial charge in [-0.1, -0.05) is 42.1 Å². The van der Waals surface area contributed by atoms with Crippen molar-refractivity contribution in [2.75, 3.05) is 32.2 Å². The Morgan fingerprint density at radius 1 is 1.00 bits per heavy atom. The molecule has 0 N–H and O–H groups in total. The molecule has 3 aromatic rings. The van der Waals surface area contributed by atoms with Gasteiger partial charge in [-0.05, 0) is 67.1 Å². The van der Waals surface area contributed by atoms with E-state index in [1.54, 1.807) is 55.0 Å². The van der Waals surface area contributed by atoms with Gasteiger partial charge in [0.1, 0.15) is 10.7 Å². The van der Waals surface area contributed by atoms with Crippen molar-refractivity contribution < 1.29 is 19.1 Å². The number of nitrogens with zero attached hydrogens (tertiary/aromatic N) is 3. The summed E-state index contributed by atoms with van der Waals surface area (Å²) in [6, 6.07) is 22.9. The van der Waals surface area contributed by atoms with Crippen LogP contribution in [0.3, 0.4) is 0 Å². The number of rotatable bonds is 7. The van der Waals surface area contributed by atoms with Crippen LogP contribution < -0.4 is 9.64 Å². The average Bonchev–Trinajstić information content (AvgIpc) is 3.43. The summed E-state index contributed by atoms with van der Waals surface area (Å²) < 4.78 is 10.5. The van der Waals surface area contributed by atoms with Crippen LogP contribution >= 0.6 is 23.5 Å². The van der Waals surface area contributed by atoms with Crippen molar-refractivity contribution in [1.82, 2.24) is 4.90 Å². The molecule has 0 saturated carbocycles. The zero-order valence-corrected chi connectivity index (χ0v) is 23.0. The van der Waals surface area contributed by atoms with Crippen molar-refractivity contribution in [2.45, 2.75) is 18.2 Å². The van der Waals surface area contributed by atoms with Crippen LogP contribution in [0.4, 0.5) is 11.4 Å². The van der Waals surface area contributed by atoms with Gasteiger partial charge in [0.05, 0.1) is 35.7 Å². The van der Waals surface area contributed by atoms with Crippen molar-refractivity contribution >= 4 is 51.9 Å². The molecule has 3 aromatic carbocycles. The number of carbonyl (C=O) groups is 2. The van der Waals surface area contributed by atoms with Crippen LogP contribution in [-0.4, -0.2) is 49.3 Å². The van der Waals surface area contributed by atoms with Crippen molar-refractivity contribution in [3.63, 3.8) is 0 Å². The molecule has 1 saturated heterocycles. The maximum absolute atomic E-state index is 13.8. The van der Waals surface area contributed by atoms with E-state index in [9.17, 15) is 9.59 Å². The molecule has 2 aliphatic rings. The van der Waals surface area contributed by atoms with Crippen LogP contribution in [0.15, 0.2) is 92.6 Å². The van der Waals surface area contributed by atoms with Gasteiger partial charge in [-0.3, -0.25) is 9.69 Å². The fourth-order valence-corrected chi connectivity index (χ4v) is 6.50. The van der Waals surface area contributed by atoms with E-state index >= 15 is 0 Å². The van der Waals surface area contributed by atoms with Crippen molar-refractivity contribution in [1.29, 1.82) is 0 Å². The second kappa shape index (κ2) is 11.4. The SMILES string of the molecule is CCOC(=O)c1ccc(N=C2SC(=C3Sc4ccc(OC)cc4N3C)C(=O)N2CCc2ccccc2)cc1. The topological polar surface area (TPSA) is 71.4 Å². The monoisotopic (exact) mass is 545 g/mol. The molecular weight excluding hydrogens is 518 g/mol. The van der Waals surface area contributed by atoms with Gasteiger partial charge < -0.3 is 14.4 Å². The first kappa shape index (κ1) is 25.9. The molecule has 2 heterocycles. The number of anilines is 1. The van der Waals surface area contributed by atoms with Gasteiger partial charge in [0.2, 0.25) is 0 Å². The summed E-state index contributed by atoms with van der Waals surface area (Å²) >= 11 is 2.95. The van der Waals surface area contributed by atoms with Gasteiger partial charge in [0.25, 0.3) is 5.91 Å². The fraction of sp³-hybridized carbons (Fsp3) is 0.207. The second-order valence-electron chi connectivity index (χ2n) is 8.59. The Morgan fingerprint density at radius 2 is 1.76 bits per heavy atom. The van der Waals surface area contributed by atoms with E-state index in [2.05, 4.69) is 12.1 Å². The van der Waals surface area contributed by atoms with Gasteiger partial charge in [0.15, 0.2) is 5.17 Å². The lowest BCUT2D eigenvalue weighted by Crippen LogP contribution is -2.31. The summed E-state index contributed by atoms with van der Waals surface area (Å²) in [6.45, 7) is 2.60. The molecule has 0 aliphatic carbocycles. The fourth-order valence-electron chi connectivity index (χ4n) is 4.15. The third-order valence-electron chi connectivity index (χ3n) is 6.17. The van der Waals surface area contributed by atoms with Crippen LogP contribution in [0.25, 0.3) is 0 Å². The molecule has 5 rings (SSSR count). The molecule has 0 atom stereocenters. The minimum absolute atomic E-state index is 0.0676. The van der Waals surface area contributed by atoms with Crippen molar-refractivity contribution in [2.24, 2.45) is 4.99 Å². The predicted octanol–water partition coefficient (Wildman–Crippen LogP) is 6.09. The van der Waals surface area contributed by atoms with E-state index in [1.807, 2.05) is 48.3 Å². The normalized spacial score (nSPS) is 17.8. The highest BCUT2D eigenvalue weighted by Crippen LogP contribution is 2.51. The Kier molecular flexibility index (Phi) is 7.76. The Hall–Kier alpha value is -3.69. The highest BCUT2D eigenvalue weighted by molar-refractivity contribution is 8.19. The number of fused-ring (bicyclic) bond motifs is 1. The van der Waals surface area contributed by atoms with E-state index in [0.29, 0.717) is 40.9 Å². The van der Waals surface area contributed by atoms with Crippen molar-refractivity contribution in [3.05, 3.63) is 93.9 Å². The van der Waals surface area contributed by atoms with Gasteiger partial charge in [-0.2, -0.15) is 0 Å². The lowest BCUT2D eigenvalue weighted by Gasteiger charge is -2.17. The summed E-state index contributed by atoms with van der Waals surface area (Å²) in [4.78, 5) is 36.1. The summed E-state index contributed by atoms with van der Waals surface area (Å²) in [5.74, 6) is 0.332. The van der Waals surface area contributed by atoms with E-state index in [-0.39, 0.29) is 11.9 Å². The molecule has 1 fully saturated rings. The maximum Gasteiger partial charge on any atom is 0.338 e. The van der Waals surface area contributed by atoms with Gasteiger partial charge in [-0.25, -0.2) is 9.79 Å². The molecule has 9 heteroatoms. The third-order valence-corrected chi connectivity index (χ3v) is 8.60. The van der Waals surface area contributed by atoms with E-state index in [0.717, 1.165) is 26.9 Å².